The molecule has 1 heterocycles. The van der Waals surface area contributed by atoms with E-state index in [1.807, 2.05) is 0 Å². The molecule has 0 aliphatic heterocycles. The molecule has 6 nitrogen and oxygen atoms in total. The van der Waals surface area contributed by atoms with Gasteiger partial charge in [0.05, 0.1) is 16.5 Å². The molecule has 0 bridgehead atoms. The fourth-order valence-electron chi connectivity index (χ4n) is 2.29. The second-order valence-electron chi connectivity index (χ2n) is 4.44. The Bertz CT molecular complexity index is 967. The second kappa shape index (κ2) is 4.45. The van der Waals surface area contributed by atoms with E-state index in [1.165, 1.54) is 30.3 Å². The molecule has 3 aromatic rings. The molecule has 104 valence electrons. The van der Waals surface area contributed by atoms with Crippen molar-refractivity contribution in [2.24, 2.45) is 0 Å². The Morgan fingerprint density at radius 3 is 2.38 bits per heavy atom. The van der Waals surface area contributed by atoms with Crippen LogP contribution in [0.2, 0.25) is 0 Å². The first-order valence-corrected chi connectivity index (χ1v) is 5.95. The molecule has 3 rings (SSSR count). The van der Waals surface area contributed by atoms with Gasteiger partial charge in [-0.25, -0.2) is 14.4 Å². The van der Waals surface area contributed by atoms with Crippen molar-refractivity contribution in [3.63, 3.8) is 0 Å². The van der Waals surface area contributed by atoms with E-state index >= 15 is 0 Å². The minimum atomic E-state index is -1.23. The maximum absolute atomic E-state index is 12.0. The molecule has 0 atom stereocenters. The normalized spacial score (nSPS) is 10.9. The van der Waals surface area contributed by atoms with Crippen molar-refractivity contribution in [2.45, 2.75) is 0 Å². The van der Waals surface area contributed by atoms with Crippen LogP contribution in [0.3, 0.4) is 0 Å². The van der Waals surface area contributed by atoms with Crippen LogP contribution in [0.5, 0.6) is 0 Å². The van der Waals surface area contributed by atoms with Crippen LogP contribution in [0.25, 0.3) is 21.7 Å². The Balaban J connectivity index is 2.50. The fourth-order valence-corrected chi connectivity index (χ4v) is 2.29. The fraction of sp³-hybridized carbons (Fsp3) is 0. The Labute approximate surface area is 116 Å². The maximum atomic E-state index is 12.0. The highest BCUT2D eigenvalue weighted by Gasteiger charge is 2.16. The summed E-state index contributed by atoms with van der Waals surface area (Å²) >= 11 is 0. The second-order valence-corrected chi connectivity index (χ2v) is 4.44. The standard InChI is InChI=1S/C15H8O6/c16-13(17)7-4-5-8-9-2-1-3-10(14(18)19)12(9)15(20)21-11(8)6-7/h1-6H,(H,16,17)(H,18,19). The molecular weight excluding hydrogens is 276 g/mol. The molecule has 0 aliphatic rings. The minimum absolute atomic E-state index is 0.0145. The van der Waals surface area contributed by atoms with Crippen molar-refractivity contribution in [2.75, 3.05) is 0 Å². The van der Waals surface area contributed by atoms with Crippen molar-refractivity contribution in [3.8, 4) is 0 Å². The van der Waals surface area contributed by atoms with Gasteiger partial charge in [-0.1, -0.05) is 12.1 Å². The van der Waals surface area contributed by atoms with Gasteiger partial charge in [-0.2, -0.15) is 0 Å². The number of carbonyl (C=O) groups is 2. The number of hydrogen-bond donors (Lipinski definition) is 2. The summed E-state index contributed by atoms with van der Waals surface area (Å²) < 4.78 is 5.07. The average molecular weight is 284 g/mol. The van der Waals surface area contributed by atoms with Crippen LogP contribution >= 0.6 is 0 Å². The zero-order valence-corrected chi connectivity index (χ0v) is 10.5. The molecule has 21 heavy (non-hydrogen) atoms. The Hall–Kier alpha value is -3.15. The lowest BCUT2D eigenvalue weighted by molar-refractivity contribution is 0.0687. The summed E-state index contributed by atoms with van der Waals surface area (Å²) in [7, 11) is 0. The maximum Gasteiger partial charge on any atom is 0.345 e. The highest BCUT2D eigenvalue weighted by atomic mass is 16.4. The van der Waals surface area contributed by atoms with Gasteiger partial charge in [-0.3, -0.25) is 0 Å². The summed E-state index contributed by atoms with van der Waals surface area (Å²) in [5.74, 6) is -2.37. The van der Waals surface area contributed by atoms with Gasteiger partial charge in [0.25, 0.3) is 0 Å². The monoisotopic (exact) mass is 284 g/mol. The number of benzene rings is 2. The van der Waals surface area contributed by atoms with Gasteiger partial charge in [-0.05, 0) is 24.3 Å². The van der Waals surface area contributed by atoms with Crippen molar-refractivity contribution >= 4 is 33.7 Å². The van der Waals surface area contributed by atoms with E-state index in [-0.39, 0.29) is 22.1 Å². The smallest absolute Gasteiger partial charge is 0.345 e. The van der Waals surface area contributed by atoms with Crippen LogP contribution in [0.15, 0.2) is 45.6 Å². The molecule has 0 saturated heterocycles. The predicted octanol–water partition coefficient (Wildman–Crippen LogP) is 2.34. The van der Waals surface area contributed by atoms with E-state index in [0.29, 0.717) is 10.8 Å². The highest BCUT2D eigenvalue weighted by Crippen LogP contribution is 2.25. The van der Waals surface area contributed by atoms with E-state index in [4.69, 9.17) is 14.6 Å². The molecule has 0 radical (unpaired) electrons. The summed E-state index contributed by atoms with van der Waals surface area (Å²) in [6.07, 6.45) is 0. The SMILES string of the molecule is O=C(O)c1ccc2c(c1)oc(=O)c1c(C(=O)O)cccc12. The quantitative estimate of drug-likeness (QED) is 0.552. The number of hydrogen-bond acceptors (Lipinski definition) is 4. The third kappa shape index (κ3) is 1.93. The molecule has 1 aromatic heterocycles. The first-order chi connectivity index (χ1) is 9.99. The van der Waals surface area contributed by atoms with Crippen molar-refractivity contribution in [3.05, 3.63) is 57.9 Å². The van der Waals surface area contributed by atoms with E-state index in [0.717, 1.165) is 0 Å². The average Bonchev–Trinajstić information content (AvgIpc) is 2.46. The van der Waals surface area contributed by atoms with Crippen LogP contribution in [0.4, 0.5) is 0 Å². The van der Waals surface area contributed by atoms with Gasteiger partial charge < -0.3 is 14.6 Å². The van der Waals surface area contributed by atoms with Gasteiger partial charge in [0.15, 0.2) is 0 Å². The third-order valence-electron chi connectivity index (χ3n) is 3.22. The number of carboxylic acid groups (broad SMARTS) is 2. The van der Waals surface area contributed by atoms with Crippen LogP contribution in [-0.4, -0.2) is 22.2 Å². The topological polar surface area (TPSA) is 105 Å². The van der Waals surface area contributed by atoms with Crippen molar-refractivity contribution in [1.29, 1.82) is 0 Å². The molecule has 0 amide bonds. The molecule has 0 unspecified atom stereocenters. The van der Waals surface area contributed by atoms with Crippen molar-refractivity contribution < 1.29 is 24.2 Å². The summed E-state index contributed by atoms with van der Waals surface area (Å²) in [5, 5.41) is 19.0. The van der Waals surface area contributed by atoms with Crippen LogP contribution in [0, 0.1) is 0 Å². The Morgan fingerprint density at radius 2 is 1.71 bits per heavy atom. The Kier molecular flexibility index (Phi) is 2.72. The molecular formula is C15H8O6. The van der Waals surface area contributed by atoms with Gasteiger partial charge in [0.2, 0.25) is 0 Å². The summed E-state index contributed by atoms with van der Waals surface area (Å²) in [6, 6.07) is 8.55. The lowest BCUT2D eigenvalue weighted by Crippen LogP contribution is -2.08. The van der Waals surface area contributed by atoms with Gasteiger partial charge in [0.1, 0.15) is 5.58 Å². The first-order valence-electron chi connectivity index (χ1n) is 5.95. The molecule has 2 N–H and O–H groups in total. The number of aromatic carboxylic acids is 2. The van der Waals surface area contributed by atoms with Crippen molar-refractivity contribution in [1.82, 2.24) is 0 Å². The zero-order valence-electron chi connectivity index (χ0n) is 10.5. The number of fused-ring (bicyclic) bond motifs is 3. The molecule has 6 heteroatoms. The first kappa shape index (κ1) is 12.9. The summed E-state index contributed by atoms with van der Waals surface area (Å²) in [4.78, 5) is 34.1. The molecule has 0 saturated carbocycles. The minimum Gasteiger partial charge on any atom is -0.478 e. The van der Waals surface area contributed by atoms with Crippen LogP contribution in [0.1, 0.15) is 20.7 Å². The molecule has 0 aliphatic carbocycles. The lowest BCUT2D eigenvalue weighted by Gasteiger charge is -2.05. The molecule has 0 spiro atoms. The molecule has 2 aromatic carbocycles. The van der Waals surface area contributed by atoms with E-state index in [9.17, 15) is 14.4 Å². The highest BCUT2D eigenvalue weighted by molar-refractivity contribution is 6.12. The Morgan fingerprint density at radius 1 is 0.952 bits per heavy atom. The van der Waals surface area contributed by atoms with E-state index in [1.54, 1.807) is 6.07 Å². The van der Waals surface area contributed by atoms with Gasteiger partial charge in [0, 0.05) is 10.8 Å². The number of rotatable bonds is 2. The van der Waals surface area contributed by atoms with Crippen LogP contribution in [-0.2, 0) is 0 Å². The van der Waals surface area contributed by atoms with Gasteiger partial charge >= 0.3 is 17.6 Å². The summed E-state index contributed by atoms with van der Waals surface area (Å²) in [6.45, 7) is 0. The molecule has 0 fully saturated rings. The lowest BCUT2D eigenvalue weighted by atomic mass is 10.0. The zero-order chi connectivity index (χ0) is 15.1. The largest absolute Gasteiger partial charge is 0.478 e. The predicted molar refractivity (Wildman–Crippen MR) is 73.9 cm³/mol. The summed E-state index contributed by atoms with van der Waals surface area (Å²) in [5.41, 5.74) is -0.863. The number of carboxylic acids is 2. The third-order valence-corrected chi connectivity index (χ3v) is 3.22. The van der Waals surface area contributed by atoms with E-state index < -0.39 is 17.6 Å². The van der Waals surface area contributed by atoms with Crippen LogP contribution < -0.4 is 5.63 Å². The van der Waals surface area contributed by atoms with E-state index in [2.05, 4.69) is 0 Å². The van der Waals surface area contributed by atoms with Gasteiger partial charge in [-0.15, -0.1) is 0 Å².